The van der Waals surface area contributed by atoms with E-state index >= 15 is 0 Å². The topological polar surface area (TPSA) is 12.4 Å². The molecule has 0 fully saturated rings. The molecule has 0 N–H and O–H groups in total. The van der Waals surface area contributed by atoms with Crippen LogP contribution in [0.1, 0.15) is 20.8 Å². The van der Waals surface area contributed by atoms with Crippen LogP contribution in [0.5, 0.6) is 0 Å². The average molecular weight is 158 g/mol. The largest absolute Gasteiger partial charge is 0.272 e. The Morgan fingerprint density at radius 2 is 1.90 bits per heavy atom. The summed E-state index contributed by atoms with van der Waals surface area (Å²) in [6.45, 7) is 9.12. The lowest BCUT2D eigenvalue weighted by molar-refractivity contribution is 1.28. The summed E-state index contributed by atoms with van der Waals surface area (Å²) in [4.78, 5) is 3.63. The van der Waals surface area contributed by atoms with Gasteiger partial charge in [0.05, 0.1) is 0 Å². The first kappa shape index (κ1) is 9.44. The van der Waals surface area contributed by atoms with Crippen molar-refractivity contribution < 1.29 is 0 Å². The number of halogens is 1. The predicted octanol–water partition coefficient (Wildman–Crippen LogP) is 3.12. The van der Waals surface area contributed by atoms with Crippen molar-refractivity contribution in [2.45, 2.75) is 20.8 Å². The van der Waals surface area contributed by atoms with Gasteiger partial charge in [0.1, 0.15) is 0 Å². The summed E-state index contributed by atoms with van der Waals surface area (Å²) in [5, 5.41) is 0.803. The van der Waals surface area contributed by atoms with Crippen LogP contribution >= 0.6 is 11.6 Å². The summed E-state index contributed by atoms with van der Waals surface area (Å²) >= 11 is 5.74. The SMILES string of the molecule is C=N/C=C(C)\C(C)=C(/C)Cl. The van der Waals surface area contributed by atoms with Gasteiger partial charge in [0, 0.05) is 11.2 Å². The molecule has 0 aromatic heterocycles. The van der Waals surface area contributed by atoms with E-state index in [1.807, 2.05) is 20.8 Å². The molecule has 0 atom stereocenters. The van der Waals surface area contributed by atoms with Gasteiger partial charge in [-0.15, -0.1) is 0 Å². The van der Waals surface area contributed by atoms with Crippen molar-refractivity contribution in [3.05, 3.63) is 22.4 Å². The summed E-state index contributed by atoms with van der Waals surface area (Å²) < 4.78 is 0. The molecule has 0 saturated heterocycles. The highest BCUT2D eigenvalue weighted by molar-refractivity contribution is 6.29. The minimum absolute atomic E-state index is 0.803. The Labute approximate surface area is 67.1 Å². The van der Waals surface area contributed by atoms with E-state index in [0.717, 1.165) is 16.2 Å². The minimum Gasteiger partial charge on any atom is -0.272 e. The summed E-state index contributed by atoms with van der Waals surface area (Å²) in [5.74, 6) is 0. The van der Waals surface area contributed by atoms with E-state index < -0.39 is 0 Å². The molecule has 0 saturated carbocycles. The number of hydrogen-bond acceptors (Lipinski definition) is 1. The highest BCUT2D eigenvalue weighted by Gasteiger charge is 1.94. The van der Waals surface area contributed by atoms with Gasteiger partial charge in [0.15, 0.2) is 0 Å². The predicted molar refractivity (Wildman–Crippen MR) is 47.5 cm³/mol. The van der Waals surface area contributed by atoms with Crippen LogP contribution in [-0.2, 0) is 0 Å². The highest BCUT2D eigenvalue weighted by atomic mass is 35.5. The van der Waals surface area contributed by atoms with Crippen LogP contribution in [0, 0.1) is 0 Å². The molecule has 0 radical (unpaired) electrons. The summed E-state index contributed by atoms with van der Waals surface area (Å²) in [5.41, 5.74) is 2.12. The van der Waals surface area contributed by atoms with Crippen molar-refractivity contribution in [2.24, 2.45) is 4.99 Å². The molecule has 0 aromatic carbocycles. The fourth-order valence-corrected chi connectivity index (χ4v) is 0.654. The quantitative estimate of drug-likeness (QED) is 0.432. The molecule has 0 aromatic rings. The second-order valence-electron chi connectivity index (χ2n) is 2.15. The lowest BCUT2D eigenvalue weighted by Gasteiger charge is -1.99. The average Bonchev–Trinajstić information content (AvgIpc) is 1.87. The molecule has 2 heteroatoms. The normalized spacial score (nSPS) is 14.6. The summed E-state index contributed by atoms with van der Waals surface area (Å²) in [7, 11) is 0. The summed E-state index contributed by atoms with van der Waals surface area (Å²) in [6, 6.07) is 0. The van der Waals surface area contributed by atoms with E-state index in [1.54, 1.807) is 6.20 Å². The summed E-state index contributed by atoms with van der Waals surface area (Å²) in [6.07, 6.45) is 1.70. The minimum atomic E-state index is 0.803. The maximum atomic E-state index is 5.74. The van der Waals surface area contributed by atoms with Crippen molar-refractivity contribution in [3.8, 4) is 0 Å². The van der Waals surface area contributed by atoms with Gasteiger partial charge < -0.3 is 0 Å². The molecule has 0 heterocycles. The van der Waals surface area contributed by atoms with Gasteiger partial charge in [0.2, 0.25) is 0 Å². The molecule has 0 unspecified atom stereocenters. The van der Waals surface area contributed by atoms with E-state index in [4.69, 9.17) is 11.6 Å². The molecule has 56 valence electrons. The number of nitrogens with zero attached hydrogens (tertiary/aromatic N) is 1. The zero-order valence-corrected chi connectivity index (χ0v) is 7.37. The van der Waals surface area contributed by atoms with Crippen LogP contribution in [-0.4, -0.2) is 6.72 Å². The number of aliphatic imine (C=N–C) groups is 1. The fraction of sp³-hybridized carbons (Fsp3) is 0.375. The molecule has 0 bridgehead atoms. The van der Waals surface area contributed by atoms with Gasteiger partial charge in [-0.1, -0.05) is 11.6 Å². The maximum Gasteiger partial charge on any atom is 0.0292 e. The first-order chi connectivity index (χ1) is 4.59. The molecule has 0 spiro atoms. The van der Waals surface area contributed by atoms with Crippen molar-refractivity contribution in [1.29, 1.82) is 0 Å². The molecule has 10 heavy (non-hydrogen) atoms. The van der Waals surface area contributed by atoms with Crippen LogP contribution in [0.3, 0.4) is 0 Å². The third-order valence-corrected chi connectivity index (χ3v) is 1.68. The van der Waals surface area contributed by atoms with Crippen LogP contribution in [0.15, 0.2) is 27.4 Å². The molecular weight excluding hydrogens is 146 g/mol. The van der Waals surface area contributed by atoms with E-state index in [0.29, 0.717) is 0 Å². The van der Waals surface area contributed by atoms with Gasteiger partial charge in [-0.25, -0.2) is 0 Å². The molecule has 0 amide bonds. The van der Waals surface area contributed by atoms with Crippen LogP contribution in [0.2, 0.25) is 0 Å². The zero-order valence-electron chi connectivity index (χ0n) is 6.61. The van der Waals surface area contributed by atoms with Crippen molar-refractivity contribution in [2.75, 3.05) is 0 Å². The monoisotopic (exact) mass is 157 g/mol. The lowest BCUT2D eigenvalue weighted by Crippen LogP contribution is -1.79. The molecule has 0 rings (SSSR count). The van der Waals surface area contributed by atoms with Gasteiger partial charge in [-0.05, 0) is 38.6 Å². The van der Waals surface area contributed by atoms with E-state index in [-0.39, 0.29) is 0 Å². The second kappa shape index (κ2) is 4.29. The number of rotatable bonds is 2. The van der Waals surface area contributed by atoms with E-state index in [9.17, 15) is 0 Å². The Hall–Kier alpha value is -0.560. The third kappa shape index (κ3) is 2.83. The smallest absolute Gasteiger partial charge is 0.0292 e. The van der Waals surface area contributed by atoms with E-state index in [2.05, 4.69) is 11.7 Å². The van der Waals surface area contributed by atoms with Crippen molar-refractivity contribution in [3.63, 3.8) is 0 Å². The Morgan fingerprint density at radius 3 is 2.20 bits per heavy atom. The Balaban J connectivity index is 4.51. The standard InChI is InChI=1S/C8H12ClN/c1-6(5-10-4)7(2)8(3)9/h5H,4H2,1-3H3/b6-5-,8-7+. The van der Waals surface area contributed by atoms with Crippen molar-refractivity contribution >= 4 is 18.3 Å². The van der Waals surface area contributed by atoms with E-state index in [1.165, 1.54) is 0 Å². The molecular formula is C8H12ClN. The first-order valence-corrected chi connectivity index (χ1v) is 3.43. The highest BCUT2D eigenvalue weighted by Crippen LogP contribution is 2.15. The zero-order chi connectivity index (χ0) is 8.15. The second-order valence-corrected chi connectivity index (χ2v) is 2.72. The number of hydrogen-bond donors (Lipinski definition) is 0. The fourth-order valence-electron chi connectivity index (χ4n) is 0.505. The number of allylic oxidation sites excluding steroid dienone is 3. The van der Waals surface area contributed by atoms with Gasteiger partial charge in [0.25, 0.3) is 0 Å². The van der Waals surface area contributed by atoms with Crippen LogP contribution in [0.25, 0.3) is 0 Å². The van der Waals surface area contributed by atoms with Crippen LogP contribution in [0.4, 0.5) is 0 Å². The Kier molecular flexibility index (Phi) is 4.05. The Bertz CT molecular complexity index is 185. The van der Waals surface area contributed by atoms with Crippen molar-refractivity contribution in [1.82, 2.24) is 0 Å². The molecule has 0 aliphatic carbocycles. The third-order valence-electron chi connectivity index (χ3n) is 1.39. The first-order valence-electron chi connectivity index (χ1n) is 3.05. The lowest BCUT2D eigenvalue weighted by atomic mass is 10.1. The van der Waals surface area contributed by atoms with Gasteiger partial charge in [-0.3, -0.25) is 4.99 Å². The van der Waals surface area contributed by atoms with Gasteiger partial charge in [-0.2, -0.15) is 0 Å². The molecule has 0 aliphatic heterocycles. The molecule has 0 aliphatic rings. The maximum absolute atomic E-state index is 5.74. The van der Waals surface area contributed by atoms with Gasteiger partial charge >= 0.3 is 0 Å². The Morgan fingerprint density at radius 1 is 1.40 bits per heavy atom. The van der Waals surface area contributed by atoms with Crippen LogP contribution < -0.4 is 0 Å². The molecule has 1 nitrogen and oxygen atoms in total.